The third-order valence-electron chi connectivity index (χ3n) is 3.64. The number of rotatable bonds is 5. The zero-order valence-corrected chi connectivity index (χ0v) is 13.4. The van der Waals surface area contributed by atoms with Gasteiger partial charge in [0.1, 0.15) is 11.5 Å². The molecule has 124 valence electrons. The molecule has 0 saturated heterocycles. The van der Waals surface area contributed by atoms with Crippen LogP contribution in [0.1, 0.15) is 20.7 Å². The summed E-state index contributed by atoms with van der Waals surface area (Å²) in [7, 11) is 0. The Hall–Kier alpha value is -3.34. The van der Waals surface area contributed by atoms with Crippen LogP contribution in [0.25, 0.3) is 0 Å². The van der Waals surface area contributed by atoms with E-state index in [1.54, 1.807) is 53.4 Å². The molecule has 0 radical (unpaired) electrons. The highest BCUT2D eigenvalue weighted by Crippen LogP contribution is 2.08. The topological polar surface area (TPSA) is 50.0 Å². The van der Waals surface area contributed by atoms with Gasteiger partial charge < -0.3 is 5.32 Å². The van der Waals surface area contributed by atoms with E-state index in [-0.39, 0.29) is 24.1 Å². The third kappa shape index (κ3) is 4.35. The maximum atomic E-state index is 12.9. The minimum atomic E-state index is -0.380. The van der Waals surface area contributed by atoms with Crippen LogP contribution < -0.4 is 9.88 Å². The van der Waals surface area contributed by atoms with Gasteiger partial charge in [0, 0.05) is 17.2 Å². The van der Waals surface area contributed by atoms with Crippen molar-refractivity contribution < 1.29 is 18.5 Å². The van der Waals surface area contributed by atoms with Crippen LogP contribution >= 0.6 is 0 Å². The highest BCUT2D eigenvalue weighted by atomic mass is 19.1. The summed E-state index contributed by atoms with van der Waals surface area (Å²) in [5.74, 6) is -0.741. The van der Waals surface area contributed by atoms with Gasteiger partial charge in [-0.1, -0.05) is 18.2 Å². The third-order valence-corrected chi connectivity index (χ3v) is 3.64. The predicted octanol–water partition coefficient (Wildman–Crippen LogP) is 3.25. The standard InChI is InChI=1S/C20H15FN2O2/c21-17-10-8-15(9-11-17)19(24)14-23-12-4-7-18(13-23)22-20(25)16-5-2-1-3-6-16/h1-13H,14H2/p+1. The number of hydrogen-bond donors (Lipinski definition) is 1. The first-order valence-corrected chi connectivity index (χ1v) is 7.76. The second-order valence-electron chi connectivity index (χ2n) is 5.52. The molecule has 0 bridgehead atoms. The van der Waals surface area contributed by atoms with Gasteiger partial charge in [-0.05, 0) is 42.5 Å². The molecule has 0 spiro atoms. The molecular formula is C20H16FN2O2+. The zero-order valence-electron chi connectivity index (χ0n) is 13.4. The van der Waals surface area contributed by atoms with Gasteiger partial charge in [0.25, 0.3) is 5.91 Å². The maximum absolute atomic E-state index is 12.9. The monoisotopic (exact) mass is 335 g/mol. The smallest absolute Gasteiger partial charge is 0.255 e. The largest absolute Gasteiger partial charge is 0.317 e. The fourth-order valence-electron chi connectivity index (χ4n) is 2.38. The number of amides is 1. The zero-order chi connectivity index (χ0) is 17.6. The van der Waals surface area contributed by atoms with Gasteiger partial charge >= 0.3 is 0 Å². The molecule has 1 aromatic heterocycles. The average Bonchev–Trinajstić information content (AvgIpc) is 2.63. The lowest BCUT2D eigenvalue weighted by atomic mass is 10.1. The maximum Gasteiger partial charge on any atom is 0.255 e. The Morgan fingerprint density at radius 1 is 0.880 bits per heavy atom. The molecule has 2 aromatic carbocycles. The van der Waals surface area contributed by atoms with Gasteiger partial charge in [0.15, 0.2) is 12.4 Å². The second-order valence-corrected chi connectivity index (χ2v) is 5.52. The lowest BCUT2D eigenvalue weighted by Gasteiger charge is -2.04. The summed E-state index contributed by atoms with van der Waals surface area (Å²) in [4.78, 5) is 24.4. The van der Waals surface area contributed by atoms with Crippen molar-refractivity contribution in [2.24, 2.45) is 0 Å². The van der Waals surface area contributed by atoms with Crippen molar-refractivity contribution in [2.75, 3.05) is 5.32 Å². The second kappa shape index (κ2) is 7.49. The molecule has 5 heteroatoms. The molecule has 1 amide bonds. The van der Waals surface area contributed by atoms with Crippen molar-refractivity contribution >= 4 is 17.4 Å². The van der Waals surface area contributed by atoms with Crippen LogP contribution in [0, 0.1) is 5.82 Å². The normalized spacial score (nSPS) is 10.3. The van der Waals surface area contributed by atoms with E-state index in [1.807, 2.05) is 6.07 Å². The summed E-state index contributed by atoms with van der Waals surface area (Å²) in [6, 6.07) is 17.8. The number of carbonyl (C=O) groups excluding carboxylic acids is 2. The Kier molecular flexibility index (Phi) is 4.95. The summed E-state index contributed by atoms with van der Waals surface area (Å²) in [6.45, 7) is 0.0979. The highest BCUT2D eigenvalue weighted by molar-refractivity contribution is 6.04. The summed E-state index contributed by atoms with van der Waals surface area (Å²) >= 11 is 0. The van der Waals surface area contributed by atoms with Crippen molar-refractivity contribution in [3.8, 4) is 0 Å². The summed E-state index contributed by atoms with van der Waals surface area (Å²) < 4.78 is 14.6. The molecule has 3 rings (SSSR count). The van der Waals surface area contributed by atoms with Gasteiger partial charge in [-0.15, -0.1) is 0 Å². The number of anilines is 1. The molecule has 0 aliphatic heterocycles. The summed E-state index contributed by atoms with van der Waals surface area (Å²) in [5, 5.41) is 2.80. The Morgan fingerprint density at radius 3 is 2.32 bits per heavy atom. The van der Waals surface area contributed by atoms with Crippen LogP contribution in [0.15, 0.2) is 79.1 Å². The number of nitrogens with one attached hydrogen (secondary N) is 1. The summed E-state index contributed by atoms with van der Waals surface area (Å²) in [5.41, 5.74) is 1.58. The number of benzene rings is 2. The van der Waals surface area contributed by atoms with E-state index in [1.165, 1.54) is 24.3 Å². The first-order valence-electron chi connectivity index (χ1n) is 7.76. The van der Waals surface area contributed by atoms with E-state index in [0.717, 1.165) is 0 Å². The molecule has 0 aliphatic carbocycles. The van der Waals surface area contributed by atoms with Crippen LogP contribution in [0.5, 0.6) is 0 Å². The van der Waals surface area contributed by atoms with Crippen LogP contribution in [-0.2, 0) is 6.54 Å². The van der Waals surface area contributed by atoms with Gasteiger partial charge in [-0.25, -0.2) is 4.39 Å². The Bertz CT molecular complexity index is 893. The van der Waals surface area contributed by atoms with Gasteiger partial charge in [-0.2, -0.15) is 4.57 Å². The highest BCUT2D eigenvalue weighted by Gasteiger charge is 2.14. The molecule has 1 N–H and O–H groups in total. The van der Waals surface area contributed by atoms with Crippen molar-refractivity contribution in [1.82, 2.24) is 0 Å². The molecule has 0 unspecified atom stereocenters. The fraction of sp³-hybridized carbons (Fsp3) is 0.0500. The fourth-order valence-corrected chi connectivity index (χ4v) is 2.38. The van der Waals surface area contributed by atoms with Crippen LogP contribution in [0.3, 0.4) is 0 Å². The molecule has 3 aromatic rings. The van der Waals surface area contributed by atoms with E-state index in [2.05, 4.69) is 5.32 Å². The van der Waals surface area contributed by atoms with Gasteiger partial charge in [-0.3, -0.25) is 9.59 Å². The Morgan fingerprint density at radius 2 is 1.60 bits per heavy atom. The first-order chi connectivity index (χ1) is 12.1. The Labute approximate surface area is 144 Å². The van der Waals surface area contributed by atoms with Gasteiger partial charge in [0.05, 0.1) is 0 Å². The molecule has 25 heavy (non-hydrogen) atoms. The van der Waals surface area contributed by atoms with Crippen molar-refractivity contribution in [3.63, 3.8) is 0 Å². The molecule has 0 fully saturated rings. The molecule has 1 heterocycles. The van der Waals surface area contributed by atoms with Crippen LogP contribution in [0.2, 0.25) is 0 Å². The van der Waals surface area contributed by atoms with E-state index >= 15 is 0 Å². The quantitative estimate of drug-likeness (QED) is 0.575. The van der Waals surface area contributed by atoms with Crippen molar-refractivity contribution in [2.45, 2.75) is 6.54 Å². The van der Waals surface area contributed by atoms with Gasteiger partial charge in [0.2, 0.25) is 12.3 Å². The SMILES string of the molecule is O=C(C[n+]1cccc(NC(=O)c2ccccc2)c1)c1ccc(F)cc1. The average molecular weight is 335 g/mol. The number of pyridine rings is 1. The number of carbonyl (C=O) groups is 2. The first kappa shape index (κ1) is 16.5. The van der Waals surface area contributed by atoms with E-state index in [0.29, 0.717) is 16.8 Å². The molecular weight excluding hydrogens is 319 g/mol. The minimum absolute atomic E-state index is 0.0979. The number of hydrogen-bond acceptors (Lipinski definition) is 2. The number of ketones is 1. The summed E-state index contributed by atoms with van der Waals surface area (Å²) in [6.07, 6.45) is 3.42. The number of halogens is 1. The number of aromatic nitrogens is 1. The van der Waals surface area contributed by atoms with Crippen LogP contribution in [-0.4, -0.2) is 11.7 Å². The number of nitrogens with zero attached hydrogens (tertiary/aromatic N) is 1. The van der Waals surface area contributed by atoms with Crippen molar-refractivity contribution in [1.29, 1.82) is 0 Å². The molecule has 0 atom stereocenters. The molecule has 0 aliphatic rings. The van der Waals surface area contributed by atoms with E-state index in [4.69, 9.17) is 0 Å². The van der Waals surface area contributed by atoms with E-state index in [9.17, 15) is 14.0 Å². The number of Topliss-reactive ketones (excluding diaryl/α,β-unsaturated/α-hetero) is 1. The van der Waals surface area contributed by atoms with Crippen molar-refractivity contribution in [3.05, 3.63) is 96.1 Å². The lowest BCUT2D eigenvalue weighted by Crippen LogP contribution is -2.37. The lowest BCUT2D eigenvalue weighted by molar-refractivity contribution is -0.682. The molecule has 4 nitrogen and oxygen atoms in total. The Balaban J connectivity index is 1.70. The predicted molar refractivity (Wildman–Crippen MR) is 91.8 cm³/mol. The van der Waals surface area contributed by atoms with Crippen LogP contribution in [0.4, 0.5) is 10.1 Å². The minimum Gasteiger partial charge on any atom is -0.317 e. The molecule has 0 saturated carbocycles. The van der Waals surface area contributed by atoms with E-state index < -0.39 is 0 Å².